The number of hydrogen-bond donors (Lipinski definition) is 5. The lowest BCUT2D eigenvalue weighted by Gasteiger charge is -2.10. The second kappa shape index (κ2) is 13.5. The molecule has 0 bridgehead atoms. The molecule has 0 spiro atoms. The Balaban J connectivity index is 1.20. The molecule has 0 saturated carbocycles. The number of carbonyl (C=O) groups excluding carboxylic acids is 3. The number of para-hydroxylation sites is 1. The van der Waals surface area contributed by atoms with Crippen molar-refractivity contribution < 1.29 is 14.4 Å². The van der Waals surface area contributed by atoms with Gasteiger partial charge in [-0.3, -0.25) is 24.8 Å². The summed E-state index contributed by atoms with van der Waals surface area (Å²) in [6.45, 7) is 1.42. The second-order valence-corrected chi connectivity index (χ2v) is 11.4. The Morgan fingerprint density at radius 3 is 1.85 bits per heavy atom. The molecule has 1 aromatic carbocycles. The van der Waals surface area contributed by atoms with E-state index in [9.17, 15) is 14.4 Å². The van der Waals surface area contributed by atoms with Gasteiger partial charge in [0.15, 0.2) is 0 Å². The van der Waals surface area contributed by atoms with Crippen LogP contribution in [0, 0.1) is 5.41 Å². The molecule has 0 aliphatic heterocycles. The van der Waals surface area contributed by atoms with E-state index < -0.39 is 5.91 Å². The van der Waals surface area contributed by atoms with Gasteiger partial charge in [-0.15, -0.1) is 0 Å². The molecule has 0 aliphatic rings. The standard InChI is InChI=1S/C33H38N10O3/c1-40(2)12-8-11-35-31(44)27-15-24(19-41(27)3)38-33(46)29-16-25(20-43(29)5)39-32(45)28-14-23(18-42(28)4)37-30(34)22-13-21-9-6-7-10-26(21)36-17-22/h6-7,9-10,13-20H,8,11-12H2,1-5H3,(H2,34,37)(H,35,44)(H,38,46)(H,39,45). The first kappa shape index (κ1) is 31.7. The second-order valence-electron chi connectivity index (χ2n) is 11.4. The molecule has 13 nitrogen and oxygen atoms in total. The van der Waals surface area contributed by atoms with Crippen molar-refractivity contribution >= 4 is 51.5 Å². The maximum Gasteiger partial charge on any atom is 0.272 e. The van der Waals surface area contributed by atoms with Crippen LogP contribution in [0.25, 0.3) is 10.9 Å². The third-order valence-corrected chi connectivity index (χ3v) is 7.44. The summed E-state index contributed by atoms with van der Waals surface area (Å²) in [5.74, 6) is -0.831. The molecule has 46 heavy (non-hydrogen) atoms. The summed E-state index contributed by atoms with van der Waals surface area (Å²) < 4.78 is 4.94. The Kier molecular flexibility index (Phi) is 9.33. The quantitative estimate of drug-likeness (QED) is 0.0856. The number of amides is 3. The van der Waals surface area contributed by atoms with Gasteiger partial charge in [0.2, 0.25) is 0 Å². The molecule has 3 amide bonds. The fourth-order valence-corrected chi connectivity index (χ4v) is 5.08. The van der Waals surface area contributed by atoms with Crippen LogP contribution >= 0.6 is 0 Å². The van der Waals surface area contributed by atoms with Gasteiger partial charge in [0.25, 0.3) is 17.7 Å². The van der Waals surface area contributed by atoms with Crippen LogP contribution in [0.15, 0.2) is 73.3 Å². The predicted molar refractivity (Wildman–Crippen MR) is 180 cm³/mol. The van der Waals surface area contributed by atoms with Crippen molar-refractivity contribution in [3.05, 3.63) is 96.0 Å². The minimum Gasteiger partial charge on any atom is -0.351 e. The van der Waals surface area contributed by atoms with Gasteiger partial charge in [-0.1, -0.05) is 18.2 Å². The van der Waals surface area contributed by atoms with E-state index >= 15 is 0 Å². The Hall–Kier alpha value is -5.69. The highest BCUT2D eigenvalue weighted by atomic mass is 16.2. The topological polar surface area (TPSA) is 154 Å². The van der Waals surface area contributed by atoms with E-state index in [0.29, 0.717) is 46.3 Å². The number of aryl methyl sites for hydroxylation is 3. The van der Waals surface area contributed by atoms with Crippen molar-refractivity contribution in [3.63, 3.8) is 0 Å². The maximum atomic E-state index is 13.2. The minimum absolute atomic E-state index is 0.153. The lowest BCUT2D eigenvalue weighted by molar-refractivity contribution is 0.0942. The van der Waals surface area contributed by atoms with Crippen LogP contribution in [0.2, 0.25) is 0 Å². The van der Waals surface area contributed by atoms with Gasteiger partial charge in [-0.2, -0.15) is 0 Å². The fraction of sp³-hybridized carbons (Fsp3) is 0.242. The number of carbonyl (C=O) groups is 3. The largest absolute Gasteiger partial charge is 0.351 e. The number of fused-ring (bicyclic) bond motifs is 1. The molecule has 0 unspecified atom stereocenters. The molecular formula is C33H38N10O3. The van der Waals surface area contributed by atoms with Crippen molar-refractivity contribution in [2.45, 2.75) is 6.42 Å². The highest BCUT2D eigenvalue weighted by molar-refractivity contribution is 6.10. The third kappa shape index (κ3) is 7.33. The summed E-state index contributed by atoms with van der Waals surface area (Å²) in [6.07, 6.45) is 7.51. The SMILES string of the molecule is CN(C)CCCNC(=O)c1cc(NC(=O)c2cc(NC(=O)c3cc(NC(=N)c4cnc5ccccc5c4)cn3C)cn2C)cn1C. The molecule has 4 heterocycles. The number of anilines is 3. The highest BCUT2D eigenvalue weighted by Gasteiger charge is 2.19. The zero-order chi connectivity index (χ0) is 33.0. The van der Waals surface area contributed by atoms with Gasteiger partial charge in [0.05, 0.1) is 22.6 Å². The number of amidine groups is 1. The normalized spacial score (nSPS) is 11.1. The molecule has 0 saturated heterocycles. The number of nitrogens with zero attached hydrogens (tertiary/aromatic N) is 5. The number of rotatable bonds is 11. The van der Waals surface area contributed by atoms with E-state index in [0.717, 1.165) is 23.9 Å². The summed E-state index contributed by atoms with van der Waals surface area (Å²) in [4.78, 5) is 45.4. The number of benzene rings is 1. The minimum atomic E-state index is -0.390. The van der Waals surface area contributed by atoms with Gasteiger partial charge in [-0.25, -0.2) is 0 Å². The maximum absolute atomic E-state index is 13.2. The molecule has 5 N–H and O–H groups in total. The van der Waals surface area contributed by atoms with E-state index in [4.69, 9.17) is 5.41 Å². The van der Waals surface area contributed by atoms with Gasteiger partial charge < -0.3 is 39.9 Å². The van der Waals surface area contributed by atoms with Gasteiger partial charge in [0.1, 0.15) is 22.9 Å². The molecule has 13 heteroatoms. The van der Waals surface area contributed by atoms with Crippen molar-refractivity contribution in [3.8, 4) is 0 Å². The summed E-state index contributed by atoms with van der Waals surface area (Å²) in [5.41, 5.74) is 4.07. The Bertz CT molecular complexity index is 1930. The molecule has 0 atom stereocenters. The van der Waals surface area contributed by atoms with Crippen molar-refractivity contribution in [1.29, 1.82) is 5.41 Å². The lowest BCUT2D eigenvalue weighted by Crippen LogP contribution is -2.28. The molecule has 5 aromatic rings. The first-order chi connectivity index (χ1) is 22.0. The summed E-state index contributed by atoms with van der Waals surface area (Å²) in [7, 11) is 9.16. The molecule has 0 fully saturated rings. The molecule has 0 aliphatic carbocycles. The monoisotopic (exact) mass is 622 g/mol. The van der Waals surface area contributed by atoms with Gasteiger partial charge in [-0.05, 0) is 57.4 Å². The van der Waals surface area contributed by atoms with Crippen LogP contribution in [0.5, 0.6) is 0 Å². The Morgan fingerprint density at radius 2 is 1.28 bits per heavy atom. The number of hydrogen-bond acceptors (Lipinski definition) is 6. The Labute approximate surface area is 266 Å². The summed E-state index contributed by atoms with van der Waals surface area (Å²) >= 11 is 0. The lowest BCUT2D eigenvalue weighted by atomic mass is 10.1. The summed E-state index contributed by atoms with van der Waals surface area (Å²) in [5, 5.41) is 21.1. The van der Waals surface area contributed by atoms with Crippen molar-refractivity contribution in [2.24, 2.45) is 21.1 Å². The zero-order valence-corrected chi connectivity index (χ0v) is 26.5. The van der Waals surface area contributed by atoms with Crippen LogP contribution in [0.4, 0.5) is 17.1 Å². The van der Waals surface area contributed by atoms with E-state index in [-0.39, 0.29) is 17.6 Å². The first-order valence-corrected chi connectivity index (χ1v) is 14.7. The smallest absolute Gasteiger partial charge is 0.272 e. The van der Waals surface area contributed by atoms with Crippen LogP contribution in [-0.4, -0.2) is 74.3 Å². The van der Waals surface area contributed by atoms with Gasteiger partial charge >= 0.3 is 0 Å². The Morgan fingerprint density at radius 1 is 0.761 bits per heavy atom. The average molecular weight is 623 g/mol. The molecule has 5 rings (SSSR count). The fourth-order valence-electron chi connectivity index (χ4n) is 5.08. The highest BCUT2D eigenvalue weighted by Crippen LogP contribution is 2.21. The number of nitrogens with one attached hydrogen (secondary N) is 5. The van der Waals surface area contributed by atoms with Crippen LogP contribution in [-0.2, 0) is 21.1 Å². The number of aromatic nitrogens is 4. The molecule has 238 valence electrons. The zero-order valence-electron chi connectivity index (χ0n) is 26.5. The van der Waals surface area contributed by atoms with Crippen molar-refractivity contribution in [2.75, 3.05) is 43.1 Å². The van der Waals surface area contributed by atoms with Crippen LogP contribution in [0.1, 0.15) is 43.4 Å². The molecule has 4 aromatic heterocycles. The van der Waals surface area contributed by atoms with Gasteiger partial charge in [0, 0.05) is 63.4 Å². The third-order valence-electron chi connectivity index (χ3n) is 7.44. The van der Waals surface area contributed by atoms with Crippen LogP contribution in [0.3, 0.4) is 0 Å². The van der Waals surface area contributed by atoms with E-state index in [1.54, 1.807) is 77.8 Å². The average Bonchev–Trinajstić information content (AvgIpc) is 3.69. The molecule has 0 radical (unpaired) electrons. The van der Waals surface area contributed by atoms with E-state index in [2.05, 4.69) is 31.2 Å². The van der Waals surface area contributed by atoms with Crippen molar-refractivity contribution in [1.82, 2.24) is 28.9 Å². The molecular weight excluding hydrogens is 584 g/mol. The van der Waals surface area contributed by atoms with E-state index in [1.807, 2.05) is 44.4 Å². The summed E-state index contributed by atoms with van der Waals surface area (Å²) in [6, 6.07) is 14.4. The first-order valence-electron chi connectivity index (χ1n) is 14.7. The predicted octanol–water partition coefficient (Wildman–Crippen LogP) is 3.87. The van der Waals surface area contributed by atoms with Crippen LogP contribution < -0.4 is 21.3 Å². The number of pyridine rings is 1. The van der Waals surface area contributed by atoms with E-state index in [1.165, 1.54) is 0 Å².